The predicted octanol–water partition coefficient (Wildman–Crippen LogP) is 4.32. The maximum atomic E-state index is 10.6. The number of aliphatic hydroxyl groups excluding tert-OH is 1. The second kappa shape index (κ2) is 7.82. The Kier molecular flexibility index (Phi) is 6.08. The topological polar surface area (TPSA) is 38.0 Å². The molecule has 2 atom stereocenters. The lowest BCUT2D eigenvalue weighted by Crippen LogP contribution is -2.25. The molecular weight excluding hydrogens is 248 g/mol. The number of aryl methyl sites for hydroxylation is 1. The van der Waals surface area contributed by atoms with Gasteiger partial charge in [-0.3, -0.25) is 0 Å². The minimum atomic E-state index is -0.221. The van der Waals surface area contributed by atoms with E-state index >= 15 is 0 Å². The van der Waals surface area contributed by atoms with Gasteiger partial charge >= 0.3 is 0 Å². The van der Waals surface area contributed by atoms with Crippen LogP contribution in [0.25, 0.3) is 0 Å². The summed E-state index contributed by atoms with van der Waals surface area (Å²) in [6.07, 6.45) is 14.1. The predicted molar refractivity (Wildman–Crippen MR) is 82.9 cm³/mol. The Balaban J connectivity index is 2.06. The second-order valence-corrected chi connectivity index (χ2v) is 6.36. The molecule has 1 N–H and O–H groups in total. The van der Waals surface area contributed by atoms with Crippen molar-refractivity contribution in [3.63, 3.8) is 0 Å². The van der Waals surface area contributed by atoms with Crippen molar-refractivity contribution >= 4 is 0 Å². The van der Waals surface area contributed by atoms with Gasteiger partial charge in [-0.05, 0) is 26.7 Å². The van der Waals surface area contributed by atoms with Crippen LogP contribution in [0.5, 0.6) is 0 Å². The smallest absolute Gasteiger partial charge is 0.0954 e. The van der Waals surface area contributed by atoms with Crippen molar-refractivity contribution in [1.29, 1.82) is 0 Å². The van der Waals surface area contributed by atoms with Crippen LogP contribution in [0, 0.1) is 13.8 Å². The van der Waals surface area contributed by atoms with Crippen LogP contribution in [-0.2, 0) is 0 Å². The van der Waals surface area contributed by atoms with E-state index in [9.17, 15) is 5.11 Å². The number of nitrogens with zero attached hydrogens (tertiary/aromatic N) is 2. The number of hydrogen-bond acceptors (Lipinski definition) is 2. The molecule has 0 saturated heterocycles. The van der Waals surface area contributed by atoms with Crippen LogP contribution in [0.15, 0.2) is 6.33 Å². The standard InChI is InChI=1S/C17H30N2O/c1-14-15(2)19(13-18-14)16-11-9-7-5-3-4-6-8-10-12-17(16)20/h13,16-17,20H,3-12H2,1-2H3. The van der Waals surface area contributed by atoms with Gasteiger partial charge in [0.15, 0.2) is 0 Å². The lowest BCUT2D eigenvalue weighted by atomic mass is 9.95. The fraction of sp³-hybridized carbons (Fsp3) is 0.824. The van der Waals surface area contributed by atoms with Gasteiger partial charge in [0.1, 0.15) is 0 Å². The molecule has 2 unspecified atom stereocenters. The summed E-state index contributed by atoms with van der Waals surface area (Å²) in [5.41, 5.74) is 2.30. The first-order valence-electron chi connectivity index (χ1n) is 8.38. The number of imidazole rings is 1. The maximum Gasteiger partial charge on any atom is 0.0954 e. The van der Waals surface area contributed by atoms with Crippen molar-refractivity contribution in [1.82, 2.24) is 9.55 Å². The summed E-state index contributed by atoms with van der Waals surface area (Å²) in [4.78, 5) is 4.41. The van der Waals surface area contributed by atoms with Crippen LogP contribution in [0.1, 0.15) is 81.6 Å². The van der Waals surface area contributed by atoms with Crippen molar-refractivity contribution in [2.24, 2.45) is 0 Å². The molecule has 20 heavy (non-hydrogen) atoms. The van der Waals surface area contributed by atoms with E-state index in [0.29, 0.717) is 0 Å². The van der Waals surface area contributed by atoms with Crippen LogP contribution < -0.4 is 0 Å². The molecule has 3 nitrogen and oxygen atoms in total. The van der Waals surface area contributed by atoms with Gasteiger partial charge in [0.25, 0.3) is 0 Å². The molecule has 1 fully saturated rings. The molecule has 0 amide bonds. The second-order valence-electron chi connectivity index (χ2n) is 6.36. The van der Waals surface area contributed by atoms with Gasteiger partial charge < -0.3 is 9.67 Å². The number of aromatic nitrogens is 2. The van der Waals surface area contributed by atoms with Crippen molar-refractivity contribution in [2.45, 2.75) is 90.2 Å². The van der Waals surface area contributed by atoms with Crippen LogP contribution in [0.3, 0.4) is 0 Å². The fourth-order valence-corrected chi connectivity index (χ4v) is 3.33. The quantitative estimate of drug-likeness (QED) is 0.831. The van der Waals surface area contributed by atoms with E-state index in [1.807, 2.05) is 13.3 Å². The summed E-state index contributed by atoms with van der Waals surface area (Å²) >= 11 is 0. The summed E-state index contributed by atoms with van der Waals surface area (Å²) in [7, 11) is 0. The van der Waals surface area contributed by atoms with Gasteiger partial charge in [-0.2, -0.15) is 0 Å². The first-order chi connectivity index (χ1) is 9.70. The third-order valence-corrected chi connectivity index (χ3v) is 4.84. The van der Waals surface area contributed by atoms with Crippen LogP contribution in [0.2, 0.25) is 0 Å². The van der Waals surface area contributed by atoms with E-state index in [2.05, 4.69) is 16.5 Å². The van der Waals surface area contributed by atoms with Crippen molar-refractivity contribution in [2.75, 3.05) is 0 Å². The van der Waals surface area contributed by atoms with Gasteiger partial charge in [0.05, 0.1) is 24.2 Å². The van der Waals surface area contributed by atoms with Gasteiger partial charge in [-0.1, -0.05) is 51.4 Å². The Labute approximate surface area is 123 Å². The zero-order valence-electron chi connectivity index (χ0n) is 13.1. The Morgan fingerprint density at radius 3 is 2.05 bits per heavy atom. The summed E-state index contributed by atoms with van der Waals surface area (Å²) in [6, 6.07) is 0.218. The first kappa shape index (κ1) is 15.6. The van der Waals surface area contributed by atoms with Crippen molar-refractivity contribution < 1.29 is 5.11 Å². The molecule has 0 aromatic carbocycles. The van der Waals surface area contributed by atoms with Crippen LogP contribution in [0.4, 0.5) is 0 Å². The molecule has 1 aliphatic rings. The van der Waals surface area contributed by atoms with Gasteiger partial charge in [-0.25, -0.2) is 4.98 Å². The normalized spacial score (nSPS) is 26.8. The number of hydrogen-bond donors (Lipinski definition) is 1. The lowest BCUT2D eigenvalue weighted by molar-refractivity contribution is 0.0927. The molecular formula is C17H30N2O. The van der Waals surface area contributed by atoms with Gasteiger partial charge in [-0.15, -0.1) is 0 Å². The molecule has 2 rings (SSSR count). The van der Waals surface area contributed by atoms with E-state index in [1.54, 1.807) is 0 Å². The van der Waals surface area contributed by atoms with Gasteiger partial charge in [0.2, 0.25) is 0 Å². The molecule has 0 bridgehead atoms. The molecule has 1 aromatic heterocycles. The molecule has 1 aliphatic carbocycles. The third-order valence-electron chi connectivity index (χ3n) is 4.84. The van der Waals surface area contributed by atoms with Crippen molar-refractivity contribution in [3.8, 4) is 0 Å². The molecule has 1 saturated carbocycles. The lowest BCUT2D eigenvalue weighted by Gasteiger charge is -2.26. The molecule has 0 radical (unpaired) electrons. The fourth-order valence-electron chi connectivity index (χ4n) is 3.33. The Morgan fingerprint density at radius 2 is 1.50 bits per heavy atom. The average molecular weight is 278 g/mol. The van der Waals surface area contributed by atoms with E-state index in [4.69, 9.17) is 0 Å². The largest absolute Gasteiger partial charge is 0.391 e. The first-order valence-corrected chi connectivity index (χ1v) is 8.38. The summed E-state index contributed by atoms with van der Waals surface area (Å²) < 4.78 is 2.21. The van der Waals surface area contributed by atoms with E-state index < -0.39 is 0 Å². The monoisotopic (exact) mass is 278 g/mol. The molecule has 114 valence electrons. The molecule has 0 aliphatic heterocycles. The SMILES string of the molecule is Cc1ncn(C2CCCCCCCCCCC2O)c1C. The third kappa shape index (κ3) is 4.08. The van der Waals surface area contributed by atoms with E-state index in [1.165, 1.54) is 50.6 Å². The number of aliphatic hydroxyl groups is 1. The summed E-state index contributed by atoms with van der Waals surface area (Å²) in [6.45, 7) is 4.17. The average Bonchev–Trinajstić information content (AvgIpc) is 2.75. The Morgan fingerprint density at radius 1 is 0.950 bits per heavy atom. The summed E-state index contributed by atoms with van der Waals surface area (Å²) in [5, 5.41) is 10.6. The highest BCUT2D eigenvalue weighted by Gasteiger charge is 2.22. The highest BCUT2D eigenvalue weighted by molar-refractivity contribution is 5.10. The van der Waals surface area contributed by atoms with Crippen LogP contribution in [-0.4, -0.2) is 20.8 Å². The molecule has 0 spiro atoms. The van der Waals surface area contributed by atoms with E-state index in [-0.39, 0.29) is 12.1 Å². The highest BCUT2D eigenvalue weighted by Crippen LogP contribution is 2.27. The van der Waals surface area contributed by atoms with Crippen LogP contribution >= 0.6 is 0 Å². The number of rotatable bonds is 1. The zero-order chi connectivity index (χ0) is 14.4. The van der Waals surface area contributed by atoms with Crippen molar-refractivity contribution in [3.05, 3.63) is 17.7 Å². The minimum Gasteiger partial charge on any atom is -0.391 e. The zero-order valence-corrected chi connectivity index (χ0v) is 13.1. The highest BCUT2D eigenvalue weighted by atomic mass is 16.3. The van der Waals surface area contributed by atoms with E-state index in [0.717, 1.165) is 25.0 Å². The Bertz CT molecular complexity index is 400. The minimum absolute atomic E-state index is 0.218. The Hall–Kier alpha value is -0.830. The molecule has 3 heteroatoms. The molecule has 1 heterocycles. The maximum absolute atomic E-state index is 10.6. The summed E-state index contributed by atoms with van der Waals surface area (Å²) in [5.74, 6) is 0. The van der Waals surface area contributed by atoms with Gasteiger partial charge in [0, 0.05) is 5.69 Å². The molecule has 1 aromatic rings.